The summed E-state index contributed by atoms with van der Waals surface area (Å²) in [6, 6.07) is 18.2. The minimum atomic E-state index is -0.251. The van der Waals surface area contributed by atoms with Gasteiger partial charge in [-0.15, -0.1) is 0 Å². The number of nitrogens with zero attached hydrogens (tertiary/aromatic N) is 2. The zero-order valence-electron chi connectivity index (χ0n) is 13.6. The van der Waals surface area contributed by atoms with Gasteiger partial charge < -0.3 is 9.80 Å². The van der Waals surface area contributed by atoms with Crippen LogP contribution in [0.5, 0.6) is 0 Å². The molecule has 2 aromatic rings. The lowest BCUT2D eigenvalue weighted by atomic mass is 9.94. The van der Waals surface area contributed by atoms with E-state index in [1.165, 1.54) is 5.56 Å². The SMILES string of the molecule is O=C(N1CCN(c2cccc(Cl)c2)CC1)C1(c2ccccc2)CC1. The quantitative estimate of drug-likeness (QED) is 0.850. The molecule has 0 atom stereocenters. The van der Waals surface area contributed by atoms with E-state index < -0.39 is 0 Å². The Kier molecular flexibility index (Phi) is 3.97. The van der Waals surface area contributed by atoms with E-state index in [1.54, 1.807) is 0 Å². The van der Waals surface area contributed by atoms with Crippen molar-refractivity contribution in [3.8, 4) is 0 Å². The highest BCUT2D eigenvalue weighted by molar-refractivity contribution is 6.30. The number of piperazine rings is 1. The van der Waals surface area contributed by atoms with Crippen LogP contribution in [-0.4, -0.2) is 37.0 Å². The normalized spacial score (nSPS) is 19.2. The molecule has 0 spiro atoms. The molecule has 0 aromatic heterocycles. The molecule has 4 rings (SSSR count). The number of benzene rings is 2. The van der Waals surface area contributed by atoms with Crippen molar-refractivity contribution >= 4 is 23.2 Å². The summed E-state index contributed by atoms with van der Waals surface area (Å²) in [6.07, 6.45) is 1.95. The van der Waals surface area contributed by atoms with Gasteiger partial charge in [0.05, 0.1) is 5.41 Å². The van der Waals surface area contributed by atoms with Gasteiger partial charge in [0, 0.05) is 36.9 Å². The largest absolute Gasteiger partial charge is 0.368 e. The second-order valence-corrected chi connectivity index (χ2v) is 7.14. The third-order valence-corrected chi connectivity index (χ3v) is 5.46. The van der Waals surface area contributed by atoms with Gasteiger partial charge in [-0.25, -0.2) is 0 Å². The first-order chi connectivity index (χ1) is 11.7. The van der Waals surface area contributed by atoms with Crippen LogP contribution in [0.15, 0.2) is 54.6 Å². The summed E-state index contributed by atoms with van der Waals surface area (Å²) in [5.41, 5.74) is 2.06. The van der Waals surface area contributed by atoms with Crippen LogP contribution < -0.4 is 4.90 Å². The molecule has 1 heterocycles. The predicted octanol–water partition coefficient (Wildman–Crippen LogP) is 3.72. The molecule has 2 aliphatic rings. The van der Waals surface area contributed by atoms with Gasteiger partial charge in [-0.3, -0.25) is 4.79 Å². The lowest BCUT2D eigenvalue weighted by Crippen LogP contribution is -2.51. The van der Waals surface area contributed by atoms with Crippen LogP contribution in [0, 0.1) is 0 Å². The Bertz CT molecular complexity index is 734. The van der Waals surface area contributed by atoms with E-state index >= 15 is 0 Å². The summed E-state index contributed by atoms with van der Waals surface area (Å²) >= 11 is 6.09. The number of hydrogen-bond donors (Lipinski definition) is 0. The maximum absolute atomic E-state index is 13.1. The fourth-order valence-corrected chi connectivity index (χ4v) is 3.84. The number of anilines is 1. The van der Waals surface area contributed by atoms with E-state index in [9.17, 15) is 4.79 Å². The first-order valence-corrected chi connectivity index (χ1v) is 8.92. The van der Waals surface area contributed by atoms with E-state index in [4.69, 9.17) is 11.6 Å². The predicted molar refractivity (Wildman–Crippen MR) is 97.6 cm³/mol. The molecule has 1 amide bonds. The van der Waals surface area contributed by atoms with Gasteiger partial charge in [0.1, 0.15) is 0 Å². The summed E-state index contributed by atoms with van der Waals surface area (Å²) in [7, 11) is 0. The number of carbonyl (C=O) groups is 1. The Morgan fingerprint density at radius 2 is 1.62 bits per heavy atom. The molecule has 1 saturated heterocycles. The molecular weight excluding hydrogens is 320 g/mol. The van der Waals surface area contributed by atoms with E-state index in [0.717, 1.165) is 49.7 Å². The smallest absolute Gasteiger partial charge is 0.233 e. The fraction of sp³-hybridized carbons (Fsp3) is 0.350. The summed E-state index contributed by atoms with van der Waals surface area (Å²) in [4.78, 5) is 17.4. The molecule has 0 unspecified atom stereocenters. The molecular formula is C20H21ClN2O. The Morgan fingerprint density at radius 3 is 2.25 bits per heavy atom. The maximum Gasteiger partial charge on any atom is 0.233 e. The molecule has 24 heavy (non-hydrogen) atoms. The number of halogens is 1. The van der Waals surface area contributed by atoms with Crippen molar-refractivity contribution in [2.45, 2.75) is 18.3 Å². The highest BCUT2D eigenvalue weighted by Crippen LogP contribution is 2.49. The van der Waals surface area contributed by atoms with Crippen molar-refractivity contribution in [3.63, 3.8) is 0 Å². The van der Waals surface area contributed by atoms with E-state index in [0.29, 0.717) is 5.91 Å². The van der Waals surface area contributed by atoms with Gasteiger partial charge in [0.15, 0.2) is 0 Å². The third-order valence-electron chi connectivity index (χ3n) is 5.23. The van der Waals surface area contributed by atoms with Crippen molar-refractivity contribution in [2.75, 3.05) is 31.1 Å². The monoisotopic (exact) mass is 340 g/mol. The number of hydrogen-bond acceptors (Lipinski definition) is 2. The van der Waals surface area contributed by atoms with Crippen molar-refractivity contribution in [1.82, 2.24) is 4.90 Å². The molecule has 0 N–H and O–H groups in total. The van der Waals surface area contributed by atoms with Crippen LogP contribution >= 0.6 is 11.6 Å². The molecule has 1 saturated carbocycles. The summed E-state index contributed by atoms with van der Waals surface area (Å²) in [6.45, 7) is 3.27. The highest BCUT2D eigenvalue weighted by Gasteiger charge is 2.53. The second kappa shape index (κ2) is 6.14. The van der Waals surface area contributed by atoms with Crippen LogP contribution in [0.4, 0.5) is 5.69 Å². The molecule has 2 fully saturated rings. The van der Waals surface area contributed by atoms with E-state index in [-0.39, 0.29) is 5.41 Å². The number of amides is 1. The van der Waals surface area contributed by atoms with Crippen molar-refractivity contribution in [1.29, 1.82) is 0 Å². The molecule has 2 aromatic carbocycles. The van der Waals surface area contributed by atoms with Gasteiger partial charge in [-0.2, -0.15) is 0 Å². The average Bonchev–Trinajstić information content (AvgIpc) is 3.44. The third kappa shape index (κ3) is 2.78. The highest BCUT2D eigenvalue weighted by atomic mass is 35.5. The first-order valence-electron chi connectivity index (χ1n) is 8.54. The molecule has 1 aliphatic heterocycles. The topological polar surface area (TPSA) is 23.6 Å². The minimum absolute atomic E-state index is 0.251. The molecule has 4 heteroatoms. The Morgan fingerprint density at radius 1 is 0.917 bits per heavy atom. The second-order valence-electron chi connectivity index (χ2n) is 6.71. The lowest BCUT2D eigenvalue weighted by Gasteiger charge is -2.38. The van der Waals surface area contributed by atoms with E-state index in [1.807, 2.05) is 41.3 Å². The number of carbonyl (C=O) groups excluding carboxylic acids is 1. The summed E-state index contributed by atoms with van der Waals surface area (Å²) in [5, 5.41) is 0.756. The van der Waals surface area contributed by atoms with Crippen LogP contribution in [-0.2, 0) is 10.2 Å². The van der Waals surface area contributed by atoms with Crippen molar-refractivity contribution in [3.05, 3.63) is 65.2 Å². The first kappa shape index (κ1) is 15.5. The minimum Gasteiger partial charge on any atom is -0.368 e. The number of rotatable bonds is 3. The van der Waals surface area contributed by atoms with Crippen LogP contribution in [0.1, 0.15) is 18.4 Å². The molecule has 3 nitrogen and oxygen atoms in total. The van der Waals surface area contributed by atoms with Crippen molar-refractivity contribution in [2.24, 2.45) is 0 Å². The van der Waals surface area contributed by atoms with Crippen LogP contribution in [0.3, 0.4) is 0 Å². The standard InChI is InChI=1S/C20H21ClN2O/c21-17-7-4-8-18(15-17)22-11-13-23(14-12-22)19(24)20(9-10-20)16-5-2-1-3-6-16/h1-8,15H,9-14H2. The van der Waals surface area contributed by atoms with Crippen LogP contribution in [0.25, 0.3) is 0 Å². The molecule has 1 aliphatic carbocycles. The Labute approximate surface area is 147 Å². The van der Waals surface area contributed by atoms with Gasteiger partial charge in [0.2, 0.25) is 5.91 Å². The summed E-state index contributed by atoms with van der Waals surface area (Å²) in [5.74, 6) is 0.305. The van der Waals surface area contributed by atoms with Gasteiger partial charge >= 0.3 is 0 Å². The zero-order chi connectivity index (χ0) is 16.6. The van der Waals surface area contributed by atoms with Gasteiger partial charge in [-0.05, 0) is 36.6 Å². The molecule has 0 radical (unpaired) electrons. The van der Waals surface area contributed by atoms with Gasteiger partial charge in [0.25, 0.3) is 0 Å². The Balaban J connectivity index is 1.44. The van der Waals surface area contributed by atoms with Crippen LogP contribution in [0.2, 0.25) is 5.02 Å². The molecule has 0 bridgehead atoms. The zero-order valence-corrected chi connectivity index (χ0v) is 14.4. The Hall–Kier alpha value is -2.00. The average molecular weight is 341 g/mol. The fourth-order valence-electron chi connectivity index (χ4n) is 3.65. The molecule has 124 valence electrons. The van der Waals surface area contributed by atoms with Gasteiger partial charge in [-0.1, -0.05) is 48.0 Å². The van der Waals surface area contributed by atoms with Crippen molar-refractivity contribution < 1.29 is 4.79 Å². The van der Waals surface area contributed by atoms with E-state index in [2.05, 4.69) is 23.1 Å². The summed E-state index contributed by atoms with van der Waals surface area (Å²) < 4.78 is 0. The lowest BCUT2D eigenvalue weighted by molar-refractivity contribution is -0.134. The maximum atomic E-state index is 13.1.